The van der Waals surface area contributed by atoms with Gasteiger partial charge in [-0.1, -0.05) is 0 Å². The molecule has 0 aromatic rings. The quantitative estimate of drug-likeness (QED) is 0.491. The fraction of sp³-hybridized carbons (Fsp3) is 0.800. The fourth-order valence-electron chi connectivity index (χ4n) is 1.94. The van der Waals surface area contributed by atoms with Gasteiger partial charge in [0.25, 0.3) is 0 Å². The molecule has 0 aromatic heterocycles. The fourth-order valence-corrected chi connectivity index (χ4v) is 1.94. The Morgan fingerprint density at radius 2 is 2.06 bits per heavy atom. The van der Waals surface area contributed by atoms with E-state index in [9.17, 15) is 9.59 Å². The van der Waals surface area contributed by atoms with Crippen LogP contribution in [-0.4, -0.2) is 42.6 Å². The van der Waals surface area contributed by atoms with E-state index in [4.69, 9.17) is 18.9 Å². The number of hydrogen-bond donors (Lipinski definition) is 0. The normalized spacial score (nSPS) is 40.4. The Morgan fingerprint density at radius 3 is 2.62 bits per heavy atom. The molecule has 2 rings (SSSR count). The van der Waals surface area contributed by atoms with Crippen molar-refractivity contribution in [2.24, 2.45) is 0 Å². The predicted molar refractivity (Wildman–Crippen MR) is 50.3 cm³/mol. The Kier molecular flexibility index (Phi) is 2.73. The van der Waals surface area contributed by atoms with E-state index in [1.807, 2.05) is 0 Å². The summed E-state index contributed by atoms with van der Waals surface area (Å²) in [6.45, 7) is 4.74. The number of hydrogen-bond acceptors (Lipinski definition) is 6. The van der Waals surface area contributed by atoms with Crippen molar-refractivity contribution in [2.75, 3.05) is 0 Å². The number of carbonyl (C=O) groups excluding carboxylic acids is 2. The van der Waals surface area contributed by atoms with Crippen LogP contribution in [0, 0.1) is 0 Å². The molecule has 4 atom stereocenters. The minimum atomic E-state index is -0.824. The van der Waals surface area contributed by atoms with Crippen LogP contribution < -0.4 is 0 Å². The molecule has 0 radical (unpaired) electrons. The zero-order chi connectivity index (χ0) is 11.9. The van der Waals surface area contributed by atoms with Crippen molar-refractivity contribution in [1.82, 2.24) is 0 Å². The van der Waals surface area contributed by atoms with E-state index in [1.165, 1.54) is 6.92 Å². The molecule has 6 nitrogen and oxygen atoms in total. The van der Waals surface area contributed by atoms with Gasteiger partial charge in [-0.3, -0.25) is 4.79 Å². The van der Waals surface area contributed by atoms with Crippen LogP contribution in [0.5, 0.6) is 0 Å². The number of rotatable bonds is 2. The van der Waals surface area contributed by atoms with Crippen LogP contribution in [-0.2, 0) is 28.5 Å². The summed E-state index contributed by atoms with van der Waals surface area (Å²) in [4.78, 5) is 21.7. The number of ether oxygens (including phenoxy) is 4. The molecular formula is C10H14O6. The first-order valence-electron chi connectivity index (χ1n) is 5.06. The first-order valence-corrected chi connectivity index (χ1v) is 5.06. The van der Waals surface area contributed by atoms with E-state index < -0.39 is 36.4 Å². The summed E-state index contributed by atoms with van der Waals surface area (Å²) < 4.78 is 21.3. The number of carbonyl (C=O) groups is 2. The summed E-state index contributed by atoms with van der Waals surface area (Å²) in [6, 6.07) is 0. The summed E-state index contributed by atoms with van der Waals surface area (Å²) in [5.41, 5.74) is 0. The van der Waals surface area contributed by atoms with Crippen LogP contribution >= 0.6 is 0 Å². The Morgan fingerprint density at radius 1 is 1.38 bits per heavy atom. The number of fused-ring (bicyclic) bond motifs is 1. The van der Waals surface area contributed by atoms with Crippen LogP contribution in [0.3, 0.4) is 0 Å². The Hall–Kier alpha value is -0.980. The van der Waals surface area contributed by atoms with Crippen molar-refractivity contribution < 1.29 is 28.5 Å². The van der Waals surface area contributed by atoms with Gasteiger partial charge in [-0.2, -0.15) is 0 Å². The molecule has 90 valence electrons. The van der Waals surface area contributed by atoms with Gasteiger partial charge in [0.1, 0.15) is 0 Å². The molecule has 6 heteroatoms. The molecule has 2 heterocycles. The molecule has 0 unspecified atom stereocenters. The molecule has 2 fully saturated rings. The molecule has 16 heavy (non-hydrogen) atoms. The molecule has 0 aromatic carbocycles. The van der Waals surface area contributed by atoms with Gasteiger partial charge in [-0.25, -0.2) is 0 Å². The van der Waals surface area contributed by atoms with Gasteiger partial charge in [0.2, 0.25) is 0 Å². The highest BCUT2D eigenvalue weighted by Crippen LogP contribution is 2.38. The summed E-state index contributed by atoms with van der Waals surface area (Å²) in [5, 5.41) is 0. The number of esters is 1. The maximum absolute atomic E-state index is 10.9. The molecular weight excluding hydrogens is 216 g/mol. The third-order valence-electron chi connectivity index (χ3n) is 2.46. The standard InChI is InChI=1S/C10H14O6/c1-5(12)13-7-6(4-11)14-9-8(7)15-10(2,3)16-9/h4,6-9H,1-3H3/t6-,7+,8-,9-/m1/s1. The summed E-state index contributed by atoms with van der Waals surface area (Å²) in [5.74, 6) is -1.27. The molecule has 2 aliphatic rings. The zero-order valence-electron chi connectivity index (χ0n) is 9.34. The molecule has 0 aliphatic carbocycles. The predicted octanol–water partition coefficient (Wildman–Crippen LogP) is -0.00660. The minimum Gasteiger partial charge on any atom is -0.456 e. The molecule has 0 N–H and O–H groups in total. The zero-order valence-corrected chi connectivity index (χ0v) is 9.34. The van der Waals surface area contributed by atoms with Crippen LogP contribution in [0.1, 0.15) is 20.8 Å². The average Bonchev–Trinajstić information content (AvgIpc) is 2.59. The van der Waals surface area contributed by atoms with Crippen LogP contribution in [0.2, 0.25) is 0 Å². The van der Waals surface area contributed by atoms with E-state index in [0.29, 0.717) is 6.29 Å². The summed E-state index contributed by atoms with van der Waals surface area (Å²) in [7, 11) is 0. The van der Waals surface area contributed by atoms with Crippen molar-refractivity contribution in [3.05, 3.63) is 0 Å². The van der Waals surface area contributed by atoms with Crippen molar-refractivity contribution in [3.63, 3.8) is 0 Å². The van der Waals surface area contributed by atoms with E-state index in [2.05, 4.69) is 0 Å². The first-order chi connectivity index (χ1) is 7.43. The lowest BCUT2D eigenvalue weighted by molar-refractivity contribution is -0.215. The van der Waals surface area contributed by atoms with Gasteiger partial charge in [0, 0.05) is 6.92 Å². The number of aldehydes is 1. The van der Waals surface area contributed by atoms with Gasteiger partial charge < -0.3 is 23.7 Å². The Labute approximate surface area is 92.8 Å². The highest BCUT2D eigenvalue weighted by atomic mass is 16.8. The molecule has 0 amide bonds. The van der Waals surface area contributed by atoms with E-state index in [-0.39, 0.29) is 0 Å². The maximum atomic E-state index is 10.9. The molecule has 2 saturated heterocycles. The summed E-state index contributed by atoms with van der Waals surface area (Å²) in [6.07, 6.45) is -2.17. The van der Waals surface area contributed by atoms with Crippen molar-refractivity contribution >= 4 is 12.3 Å². The third kappa shape index (κ3) is 1.95. The Bertz CT molecular complexity index is 312. The van der Waals surface area contributed by atoms with E-state index in [1.54, 1.807) is 13.8 Å². The lowest BCUT2D eigenvalue weighted by Crippen LogP contribution is -2.38. The minimum absolute atomic E-state index is 0.477. The van der Waals surface area contributed by atoms with Gasteiger partial charge in [0.15, 0.2) is 36.7 Å². The largest absolute Gasteiger partial charge is 0.456 e. The van der Waals surface area contributed by atoms with Gasteiger partial charge in [-0.15, -0.1) is 0 Å². The van der Waals surface area contributed by atoms with E-state index in [0.717, 1.165) is 0 Å². The molecule has 0 saturated carbocycles. The molecule has 0 spiro atoms. The lowest BCUT2D eigenvalue weighted by Gasteiger charge is -2.22. The highest BCUT2D eigenvalue weighted by Gasteiger charge is 2.56. The van der Waals surface area contributed by atoms with Gasteiger partial charge >= 0.3 is 5.97 Å². The van der Waals surface area contributed by atoms with Crippen LogP contribution in [0.25, 0.3) is 0 Å². The highest BCUT2D eigenvalue weighted by molar-refractivity contribution is 5.67. The van der Waals surface area contributed by atoms with Crippen molar-refractivity contribution in [3.8, 4) is 0 Å². The first kappa shape index (κ1) is 11.5. The van der Waals surface area contributed by atoms with Crippen molar-refractivity contribution in [2.45, 2.75) is 51.2 Å². The van der Waals surface area contributed by atoms with Crippen LogP contribution in [0.15, 0.2) is 0 Å². The average molecular weight is 230 g/mol. The maximum Gasteiger partial charge on any atom is 0.303 e. The summed E-state index contributed by atoms with van der Waals surface area (Å²) >= 11 is 0. The van der Waals surface area contributed by atoms with E-state index >= 15 is 0 Å². The monoisotopic (exact) mass is 230 g/mol. The third-order valence-corrected chi connectivity index (χ3v) is 2.46. The smallest absolute Gasteiger partial charge is 0.303 e. The van der Waals surface area contributed by atoms with Gasteiger partial charge in [0.05, 0.1) is 0 Å². The van der Waals surface area contributed by atoms with Crippen LogP contribution in [0.4, 0.5) is 0 Å². The lowest BCUT2D eigenvalue weighted by atomic mass is 10.1. The molecule has 0 bridgehead atoms. The van der Waals surface area contributed by atoms with Gasteiger partial charge in [-0.05, 0) is 13.8 Å². The SMILES string of the molecule is CC(=O)O[C@@H]1[C@H]2OC(C)(C)O[C@H]2O[C@@H]1C=O. The second-order valence-electron chi connectivity index (χ2n) is 4.28. The van der Waals surface area contributed by atoms with Crippen molar-refractivity contribution in [1.29, 1.82) is 0 Å². The second kappa shape index (κ2) is 3.80. The molecule has 2 aliphatic heterocycles. The topological polar surface area (TPSA) is 71.1 Å². The Balaban J connectivity index is 2.13. The second-order valence-corrected chi connectivity index (χ2v) is 4.28.